The lowest BCUT2D eigenvalue weighted by Crippen LogP contribution is -2.14. The molecule has 34 heavy (non-hydrogen) atoms. The van der Waals surface area contributed by atoms with Crippen LogP contribution in [0.3, 0.4) is 0 Å². The predicted molar refractivity (Wildman–Crippen MR) is 133 cm³/mol. The Morgan fingerprint density at radius 2 is 1.71 bits per heavy atom. The van der Waals surface area contributed by atoms with Crippen molar-refractivity contribution in [3.63, 3.8) is 0 Å². The van der Waals surface area contributed by atoms with Crippen molar-refractivity contribution in [1.82, 2.24) is 14.8 Å². The molecule has 1 aliphatic carbocycles. The average molecular weight is 453 g/mol. The van der Waals surface area contributed by atoms with Gasteiger partial charge in [0.1, 0.15) is 0 Å². The molecule has 5 rings (SSSR count). The molecule has 1 heterocycles. The molecule has 0 spiro atoms. The summed E-state index contributed by atoms with van der Waals surface area (Å²) in [6, 6.07) is 26.4. The summed E-state index contributed by atoms with van der Waals surface area (Å²) in [7, 11) is 0. The molecule has 1 fully saturated rings. The average Bonchev–Trinajstić information content (AvgIpc) is 3.54. The summed E-state index contributed by atoms with van der Waals surface area (Å²) < 4.78 is 7.54. The van der Waals surface area contributed by atoms with Gasteiger partial charge >= 0.3 is 6.01 Å². The topological polar surface area (TPSA) is 69.0 Å². The molecule has 172 valence electrons. The zero-order chi connectivity index (χ0) is 23.7. The largest absolute Gasteiger partial charge is 0.460 e. The van der Waals surface area contributed by atoms with E-state index in [9.17, 15) is 4.79 Å². The molecule has 1 aromatic heterocycles. The molecule has 3 aromatic carbocycles. The van der Waals surface area contributed by atoms with Crippen LogP contribution in [0.25, 0.3) is 17.1 Å². The number of aryl methyl sites for hydroxylation is 1. The lowest BCUT2D eigenvalue weighted by Gasteiger charge is -2.09. The highest BCUT2D eigenvalue weighted by Gasteiger charge is 2.43. The summed E-state index contributed by atoms with van der Waals surface area (Å²) in [4.78, 5) is 17.4. The van der Waals surface area contributed by atoms with Crippen LogP contribution in [0.5, 0.6) is 6.01 Å². The van der Waals surface area contributed by atoms with Gasteiger partial charge < -0.3 is 10.1 Å². The third-order valence-electron chi connectivity index (χ3n) is 5.97. The normalized spacial score (nSPS) is 16.9. The minimum Gasteiger partial charge on any atom is -0.460 e. The van der Waals surface area contributed by atoms with Crippen molar-refractivity contribution in [1.29, 1.82) is 0 Å². The van der Waals surface area contributed by atoms with Gasteiger partial charge in [0.25, 0.3) is 0 Å². The molecule has 4 aromatic rings. The summed E-state index contributed by atoms with van der Waals surface area (Å²) in [5, 5.41) is 7.64. The molecule has 0 bridgehead atoms. The third kappa shape index (κ3) is 4.71. The Morgan fingerprint density at radius 1 is 1.00 bits per heavy atom. The van der Waals surface area contributed by atoms with Crippen LogP contribution in [0.15, 0.2) is 78.9 Å². The number of hydrogen-bond donors (Lipinski definition) is 1. The Bertz CT molecular complexity index is 1280. The summed E-state index contributed by atoms with van der Waals surface area (Å²) in [6.07, 6.45) is 0.868. The zero-order valence-electron chi connectivity index (χ0n) is 19.6. The highest BCUT2D eigenvalue weighted by molar-refractivity contribution is 5.95. The van der Waals surface area contributed by atoms with Gasteiger partial charge in [0.2, 0.25) is 5.91 Å². The van der Waals surface area contributed by atoms with Gasteiger partial charge in [0, 0.05) is 17.2 Å². The number of hydrogen-bond acceptors (Lipinski definition) is 4. The van der Waals surface area contributed by atoms with E-state index in [0.29, 0.717) is 17.8 Å². The van der Waals surface area contributed by atoms with Crippen molar-refractivity contribution in [3.05, 3.63) is 90.0 Å². The first-order chi connectivity index (χ1) is 16.5. The van der Waals surface area contributed by atoms with Gasteiger partial charge in [-0.25, -0.2) is 4.68 Å². The third-order valence-corrected chi connectivity index (χ3v) is 5.97. The van der Waals surface area contributed by atoms with Gasteiger partial charge in [-0.2, -0.15) is 4.98 Å². The van der Waals surface area contributed by atoms with Crippen LogP contribution in [-0.4, -0.2) is 26.8 Å². The highest BCUT2D eigenvalue weighted by atomic mass is 16.5. The van der Waals surface area contributed by atoms with Crippen LogP contribution in [-0.2, 0) is 4.79 Å². The molecular formula is C28H28N4O2. The van der Waals surface area contributed by atoms with E-state index < -0.39 is 0 Å². The maximum Gasteiger partial charge on any atom is 0.336 e. The van der Waals surface area contributed by atoms with E-state index in [2.05, 4.69) is 46.6 Å². The summed E-state index contributed by atoms with van der Waals surface area (Å²) in [5.41, 5.74) is 4.97. The number of nitrogens with zero attached hydrogens (tertiary/aromatic N) is 3. The number of benzene rings is 3. The van der Waals surface area contributed by atoms with Crippen LogP contribution in [0.2, 0.25) is 0 Å². The molecule has 6 nitrogen and oxygen atoms in total. The SMILES string of the molecule is Cc1ccc(-c2nc(OC(C)C)nn2-c2ccc(NC(=O)[C@@H]3C[C@H]3c3ccccc3)cc2)cc1. The molecule has 1 saturated carbocycles. The van der Waals surface area contributed by atoms with Gasteiger partial charge in [0.05, 0.1) is 11.8 Å². The van der Waals surface area contributed by atoms with Crippen molar-refractivity contribution in [3.8, 4) is 23.1 Å². The molecule has 0 radical (unpaired) electrons. The van der Waals surface area contributed by atoms with Crippen LogP contribution in [0.4, 0.5) is 5.69 Å². The molecule has 1 N–H and O–H groups in total. The first kappa shape index (κ1) is 21.9. The first-order valence-corrected chi connectivity index (χ1v) is 11.6. The van der Waals surface area contributed by atoms with Crippen LogP contribution in [0.1, 0.15) is 37.3 Å². The van der Waals surface area contributed by atoms with Gasteiger partial charge in [-0.05, 0) is 62.9 Å². The number of nitrogens with one attached hydrogen (secondary N) is 1. The number of carbonyl (C=O) groups is 1. The number of anilines is 1. The fourth-order valence-electron chi connectivity index (χ4n) is 4.10. The van der Waals surface area contributed by atoms with Crippen molar-refractivity contribution in [2.45, 2.75) is 39.2 Å². The molecule has 1 aliphatic rings. The van der Waals surface area contributed by atoms with E-state index in [4.69, 9.17) is 4.74 Å². The Morgan fingerprint density at radius 3 is 2.38 bits per heavy atom. The molecular weight excluding hydrogens is 424 g/mol. The molecule has 2 atom stereocenters. The minimum atomic E-state index is -0.0264. The second-order valence-corrected chi connectivity index (χ2v) is 9.06. The van der Waals surface area contributed by atoms with E-state index in [-0.39, 0.29) is 17.9 Å². The summed E-state index contributed by atoms with van der Waals surface area (Å²) >= 11 is 0. The van der Waals surface area contributed by atoms with E-state index in [0.717, 1.165) is 23.4 Å². The van der Waals surface area contributed by atoms with Crippen LogP contribution >= 0.6 is 0 Å². The van der Waals surface area contributed by atoms with Crippen molar-refractivity contribution >= 4 is 11.6 Å². The van der Waals surface area contributed by atoms with E-state index in [1.54, 1.807) is 4.68 Å². The van der Waals surface area contributed by atoms with Gasteiger partial charge in [-0.1, -0.05) is 60.2 Å². The van der Waals surface area contributed by atoms with E-state index in [1.165, 1.54) is 11.1 Å². The second-order valence-electron chi connectivity index (χ2n) is 9.06. The molecule has 0 aliphatic heterocycles. The van der Waals surface area contributed by atoms with Crippen LogP contribution in [0, 0.1) is 12.8 Å². The molecule has 6 heteroatoms. The van der Waals surface area contributed by atoms with Crippen molar-refractivity contribution in [2.24, 2.45) is 5.92 Å². The molecule has 1 amide bonds. The maximum absolute atomic E-state index is 12.7. The lowest BCUT2D eigenvalue weighted by atomic mass is 10.1. The number of amides is 1. The zero-order valence-corrected chi connectivity index (χ0v) is 19.6. The Balaban J connectivity index is 1.34. The maximum atomic E-state index is 12.7. The lowest BCUT2D eigenvalue weighted by molar-refractivity contribution is -0.117. The predicted octanol–water partition coefficient (Wildman–Crippen LogP) is 5.77. The quantitative estimate of drug-likeness (QED) is 0.386. The van der Waals surface area contributed by atoms with Crippen LogP contribution < -0.4 is 10.1 Å². The smallest absolute Gasteiger partial charge is 0.336 e. The Kier molecular flexibility index (Phi) is 5.88. The Hall–Kier alpha value is -3.93. The second kappa shape index (κ2) is 9.14. The summed E-state index contributed by atoms with van der Waals surface area (Å²) in [5.74, 6) is 1.11. The standard InChI is InChI=1S/C28H28N4O2/c1-18(2)34-28-30-26(21-11-9-19(3)10-12-21)32(31-28)23-15-13-22(14-16-23)29-27(33)25-17-24(25)20-7-5-4-6-8-20/h4-16,18,24-25H,17H2,1-3H3,(H,29,33)/t24-,25+/m0/s1. The van der Waals surface area contributed by atoms with E-state index in [1.807, 2.05) is 68.4 Å². The molecule has 0 unspecified atom stereocenters. The number of ether oxygens (including phenoxy) is 1. The van der Waals surface area contributed by atoms with Gasteiger partial charge in [-0.15, -0.1) is 5.10 Å². The van der Waals surface area contributed by atoms with Crippen molar-refractivity contribution in [2.75, 3.05) is 5.32 Å². The number of rotatable bonds is 7. The van der Waals surface area contributed by atoms with Crippen molar-refractivity contribution < 1.29 is 9.53 Å². The number of aromatic nitrogens is 3. The monoisotopic (exact) mass is 452 g/mol. The fourth-order valence-corrected chi connectivity index (χ4v) is 4.10. The fraction of sp³-hybridized carbons (Fsp3) is 0.250. The molecule has 0 saturated heterocycles. The summed E-state index contributed by atoms with van der Waals surface area (Å²) in [6.45, 7) is 5.95. The number of carbonyl (C=O) groups excluding carboxylic acids is 1. The first-order valence-electron chi connectivity index (χ1n) is 11.6. The Labute approximate surface area is 199 Å². The van der Waals surface area contributed by atoms with E-state index >= 15 is 0 Å². The van der Waals surface area contributed by atoms with Gasteiger partial charge in [0.15, 0.2) is 5.82 Å². The highest BCUT2D eigenvalue weighted by Crippen LogP contribution is 2.47. The van der Waals surface area contributed by atoms with Gasteiger partial charge in [-0.3, -0.25) is 4.79 Å². The minimum absolute atomic E-state index is 0.0264.